The number of carboxylic acid groups (broad SMARTS) is 1. The Morgan fingerprint density at radius 2 is 1.44 bits per heavy atom. The lowest BCUT2D eigenvalue weighted by Crippen LogP contribution is -2.69. The van der Waals surface area contributed by atoms with Gasteiger partial charge in [0, 0.05) is 37.7 Å². The van der Waals surface area contributed by atoms with Gasteiger partial charge in [-0.15, -0.1) is 0 Å². The number of allylic oxidation sites excluding steroid dienone is 1. The molecule has 2 N–H and O–H groups in total. The summed E-state index contributed by atoms with van der Waals surface area (Å²) in [4.78, 5) is 40.3. The maximum absolute atomic E-state index is 13.4. The minimum atomic E-state index is -3.13. The van der Waals surface area contributed by atoms with E-state index >= 15 is 0 Å². The Hall–Kier alpha value is -2.14. The Morgan fingerprint density at radius 3 is 2.07 bits per heavy atom. The summed E-state index contributed by atoms with van der Waals surface area (Å²) < 4.78 is 59.2. The quantitative estimate of drug-likeness (QED) is 0.0584. The number of fused-ring (bicyclic) bond motifs is 7. The van der Waals surface area contributed by atoms with Gasteiger partial charge >= 0.3 is 17.9 Å². The Morgan fingerprint density at radius 1 is 0.794 bits per heavy atom. The van der Waals surface area contributed by atoms with Gasteiger partial charge < -0.3 is 38.8 Å². The van der Waals surface area contributed by atoms with Gasteiger partial charge in [0.25, 0.3) is 0 Å². The normalized spacial score (nSPS) is 36.3. The first-order valence-corrected chi connectivity index (χ1v) is 27.8. The summed E-state index contributed by atoms with van der Waals surface area (Å²) in [6, 6.07) is -0.222. The highest BCUT2D eigenvalue weighted by Gasteiger charge is 2.71. The van der Waals surface area contributed by atoms with E-state index in [1.807, 2.05) is 20.8 Å². The molecule has 1 aliphatic heterocycles. The number of hydrogen-bond acceptors (Lipinski definition) is 13. The predicted molar refractivity (Wildman–Crippen MR) is 262 cm³/mol. The number of nitrogens with one attached hydrogen (secondary N) is 1. The number of carbonyl (C=O) groups excluding carboxylic acids is 2. The maximum Gasteiger partial charge on any atom is 0.332 e. The first-order chi connectivity index (χ1) is 31.8. The third kappa shape index (κ3) is 11.7. The van der Waals surface area contributed by atoms with Crippen LogP contribution in [0.3, 0.4) is 0 Å². The Bertz CT molecular complexity index is 1880. The predicted octanol–water partition coefficient (Wildman–Crippen LogP) is 7.52. The van der Waals surface area contributed by atoms with E-state index in [-0.39, 0.29) is 82.9 Å². The molecule has 6 fully saturated rings. The van der Waals surface area contributed by atoms with E-state index in [9.17, 15) is 27.9 Å². The lowest BCUT2D eigenvalue weighted by molar-refractivity contribution is -0.246. The fourth-order valence-corrected chi connectivity index (χ4v) is 16.9. The van der Waals surface area contributed by atoms with Gasteiger partial charge in [0.2, 0.25) is 0 Å². The molecule has 14 nitrogen and oxygen atoms in total. The van der Waals surface area contributed by atoms with Crippen LogP contribution >= 0.6 is 0 Å². The van der Waals surface area contributed by atoms with Gasteiger partial charge in [0.05, 0.1) is 70.0 Å². The molecule has 68 heavy (non-hydrogen) atoms. The topological polar surface area (TPSA) is 176 Å². The van der Waals surface area contributed by atoms with Gasteiger partial charge in [-0.3, -0.25) is 14.5 Å². The van der Waals surface area contributed by atoms with Crippen molar-refractivity contribution in [3.8, 4) is 0 Å². The number of sulfone groups is 1. The fraction of sp³-hybridized carbons (Fsp3) is 0.906. The van der Waals surface area contributed by atoms with Gasteiger partial charge in [0.15, 0.2) is 9.84 Å². The Kier molecular flexibility index (Phi) is 17.8. The smallest absolute Gasteiger partial charge is 0.332 e. The van der Waals surface area contributed by atoms with Crippen molar-refractivity contribution in [2.75, 3.05) is 84.5 Å². The number of nitrogens with zero attached hydrogens (tertiary/aromatic N) is 1. The highest BCUT2D eigenvalue weighted by Crippen LogP contribution is 2.76. The summed E-state index contributed by atoms with van der Waals surface area (Å²) in [5.41, 5.74) is 0.557. The van der Waals surface area contributed by atoms with Crippen molar-refractivity contribution in [3.05, 3.63) is 12.2 Å². The summed E-state index contributed by atoms with van der Waals surface area (Å²) in [5, 5.41) is 13.7. The van der Waals surface area contributed by atoms with Crippen molar-refractivity contribution in [1.29, 1.82) is 0 Å². The number of esters is 2. The molecule has 0 aromatic heterocycles. The van der Waals surface area contributed by atoms with Crippen LogP contribution in [0.5, 0.6) is 0 Å². The standard InChI is InChI=1S/C53H90N2O12S/c1-36(2)38-14-19-53(54-34-40(55-22-30-68(60,61)31-23-55)37(3)66-46(59)35-65-29-28-64-27-26-63-25-24-62-11)21-20-51(9)39(47(38)53)12-13-42-50(8)17-16-43(49(6,7)41(50)15-18-52(42,51)10)67-45(58)33-48(4,5)32-44(56)57/h37-43,47,54H,1,12-35H2,2-11H3,(H,56,57)/t37?,38-,39+,40?,41-,42+,43-,47+,50-,51+,52+,53-/m0/s1. The van der Waals surface area contributed by atoms with Crippen LogP contribution in [0.2, 0.25) is 0 Å². The number of aliphatic carboxylic acids is 1. The molecule has 0 aromatic rings. The first kappa shape index (κ1) is 55.2. The molecule has 0 aromatic carbocycles. The summed E-state index contributed by atoms with van der Waals surface area (Å²) in [6.45, 7) is 28.5. The molecule has 0 bridgehead atoms. The van der Waals surface area contributed by atoms with E-state index in [4.69, 9.17) is 28.4 Å². The number of hydrogen-bond donors (Lipinski definition) is 2. The molecule has 1 heterocycles. The monoisotopic (exact) mass is 979 g/mol. The van der Waals surface area contributed by atoms with Gasteiger partial charge in [-0.25, -0.2) is 13.2 Å². The molecule has 390 valence electrons. The second kappa shape index (κ2) is 21.9. The van der Waals surface area contributed by atoms with Crippen molar-refractivity contribution in [2.45, 2.75) is 163 Å². The summed E-state index contributed by atoms with van der Waals surface area (Å²) >= 11 is 0. The van der Waals surface area contributed by atoms with Crippen molar-refractivity contribution < 1.29 is 56.3 Å². The average molecular weight is 979 g/mol. The van der Waals surface area contributed by atoms with E-state index < -0.39 is 33.3 Å². The second-order valence-corrected chi connectivity index (χ2v) is 26.5. The average Bonchev–Trinajstić information content (AvgIpc) is 3.63. The maximum atomic E-state index is 13.4. The molecule has 6 aliphatic rings. The largest absolute Gasteiger partial charge is 0.481 e. The lowest BCUT2D eigenvalue weighted by Gasteiger charge is -2.73. The molecular weight excluding hydrogens is 889 g/mol. The number of carboxylic acids is 1. The number of rotatable bonds is 23. The zero-order valence-corrected chi connectivity index (χ0v) is 44.4. The van der Waals surface area contributed by atoms with Gasteiger partial charge in [-0.1, -0.05) is 60.6 Å². The molecule has 1 saturated heterocycles. The molecule has 0 radical (unpaired) electrons. The number of ether oxygens (including phenoxy) is 6. The van der Waals surface area contributed by atoms with E-state index in [0.29, 0.717) is 82.3 Å². The zero-order chi connectivity index (χ0) is 49.9. The van der Waals surface area contributed by atoms with Crippen LogP contribution in [0.15, 0.2) is 12.2 Å². The van der Waals surface area contributed by atoms with Crippen LogP contribution in [0.4, 0.5) is 0 Å². The van der Waals surface area contributed by atoms with Gasteiger partial charge in [-0.05, 0) is 129 Å². The number of methoxy groups -OCH3 is 1. The molecule has 5 saturated carbocycles. The highest BCUT2D eigenvalue weighted by atomic mass is 32.2. The van der Waals surface area contributed by atoms with Crippen LogP contribution < -0.4 is 5.32 Å². The van der Waals surface area contributed by atoms with Crippen molar-refractivity contribution in [3.63, 3.8) is 0 Å². The minimum Gasteiger partial charge on any atom is -0.481 e. The van der Waals surface area contributed by atoms with E-state index in [1.165, 1.54) is 12.0 Å². The van der Waals surface area contributed by atoms with Crippen LogP contribution in [0, 0.1) is 56.7 Å². The third-order valence-corrected chi connectivity index (χ3v) is 20.9. The van der Waals surface area contributed by atoms with Crippen LogP contribution in [0.1, 0.15) is 139 Å². The van der Waals surface area contributed by atoms with Crippen molar-refractivity contribution in [1.82, 2.24) is 10.2 Å². The molecular formula is C53H90N2O12S. The number of carbonyl (C=O) groups is 3. The molecule has 6 rings (SSSR count). The summed E-state index contributed by atoms with van der Waals surface area (Å²) in [7, 11) is -1.50. The SMILES string of the molecule is C=C(C)[C@@H]1CC[C@]2(NCC(C(C)OC(=O)COCCOCCOCCOC)N3CCS(=O)(=O)CC3)CC[C@]3(C)[C@H](CC[C@@H]4[C@@]5(C)CC[C@H](OC(=O)CC(C)(C)CC(=O)O)C(C)(C)[C@@H]5CC[C@]43C)[C@@H]12. The summed E-state index contributed by atoms with van der Waals surface area (Å²) in [5.74, 6) is 0.734. The van der Waals surface area contributed by atoms with Crippen LogP contribution in [0.25, 0.3) is 0 Å². The van der Waals surface area contributed by atoms with E-state index in [0.717, 1.165) is 57.8 Å². The molecule has 5 aliphatic carbocycles. The fourth-order valence-electron chi connectivity index (χ4n) is 15.7. The van der Waals surface area contributed by atoms with E-state index in [1.54, 1.807) is 7.11 Å². The third-order valence-electron chi connectivity index (χ3n) is 19.3. The first-order valence-electron chi connectivity index (χ1n) is 26.0. The Balaban J connectivity index is 1.14. The molecule has 0 spiro atoms. The molecule has 0 amide bonds. The molecule has 2 unspecified atom stereocenters. The molecule has 12 atom stereocenters. The second-order valence-electron chi connectivity index (χ2n) is 24.2. The van der Waals surface area contributed by atoms with Crippen molar-refractivity contribution in [2.24, 2.45) is 56.7 Å². The molecule has 15 heteroatoms. The lowest BCUT2D eigenvalue weighted by atomic mass is 9.32. The summed E-state index contributed by atoms with van der Waals surface area (Å²) in [6.07, 6.45) is 9.98. The van der Waals surface area contributed by atoms with Crippen LogP contribution in [-0.2, 0) is 52.6 Å². The zero-order valence-electron chi connectivity index (χ0n) is 43.6. The van der Waals surface area contributed by atoms with Crippen LogP contribution in [-0.4, -0.2) is 145 Å². The minimum absolute atomic E-state index is 0.0753. The van der Waals surface area contributed by atoms with Gasteiger partial charge in [0.1, 0.15) is 18.8 Å². The van der Waals surface area contributed by atoms with E-state index in [2.05, 4.69) is 58.3 Å². The Labute approximate surface area is 409 Å². The van der Waals surface area contributed by atoms with Crippen molar-refractivity contribution >= 4 is 27.7 Å². The van der Waals surface area contributed by atoms with Gasteiger partial charge in [-0.2, -0.15) is 0 Å². The highest BCUT2D eigenvalue weighted by molar-refractivity contribution is 7.91.